The van der Waals surface area contributed by atoms with Gasteiger partial charge in [-0.2, -0.15) is 5.10 Å². The number of hydrogen-bond acceptors (Lipinski definition) is 5. The summed E-state index contributed by atoms with van der Waals surface area (Å²) >= 11 is 0. The molecule has 0 radical (unpaired) electrons. The van der Waals surface area contributed by atoms with Gasteiger partial charge in [-0.1, -0.05) is 0 Å². The van der Waals surface area contributed by atoms with Crippen LogP contribution in [-0.2, 0) is 6.54 Å². The van der Waals surface area contributed by atoms with Gasteiger partial charge in [0.2, 0.25) is 0 Å². The van der Waals surface area contributed by atoms with Crippen molar-refractivity contribution in [2.24, 2.45) is 0 Å². The van der Waals surface area contributed by atoms with E-state index in [9.17, 15) is 4.79 Å². The first kappa shape index (κ1) is 13.0. The second-order valence-electron chi connectivity index (χ2n) is 4.18. The second-order valence-corrected chi connectivity index (χ2v) is 4.18. The molecular formula is C12H16N6O. The van der Waals surface area contributed by atoms with Crippen molar-refractivity contribution in [3.63, 3.8) is 0 Å². The molecule has 0 aliphatic rings. The van der Waals surface area contributed by atoms with Crippen LogP contribution in [0.5, 0.6) is 0 Å². The van der Waals surface area contributed by atoms with E-state index >= 15 is 0 Å². The SMILES string of the molecule is CNc1ccc(C(=O)N(C)Cc2n[nH]c(C)n2)cn1. The fourth-order valence-corrected chi connectivity index (χ4v) is 1.63. The number of pyridine rings is 1. The summed E-state index contributed by atoms with van der Waals surface area (Å²) < 4.78 is 0. The van der Waals surface area contributed by atoms with E-state index in [1.165, 1.54) is 0 Å². The monoisotopic (exact) mass is 260 g/mol. The molecule has 2 aromatic rings. The van der Waals surface area contributed by atoms with Gasteiger partial charge in [0.25, 0.3) is 5.91 Å². The van der Waals surface area contributed by atoms with E-state index < -0.39 is 0 Å². The number of anilines is 1. The highest BCUT2D eigenvalue weighted by atomic mass is 16.2. The fraction of sp³-hybridized carbons (Fsp3) is 0.333. The average Bonchev–Trinajstić information content (AvgIpc) is 2.83. The predicted molar refractivity (Wildman–Crippen MR) is 70.7 cm³/mol. The third-order valence-electron chi connectivity index (χ3n) is 2.64. The predicted octanol–water partition coefficient (Wildman–Crippen LogP) is 0.822. The van der Waals surface area contributed by atoms with Gasteiger partial charge in [0, 0.05) is 20.3 Å². The van der Waals surface area contributed by atoms with E-state index in [0.717, 1.165) is 11.6 Å². The second kappa shape index (κ2) is 5.47. The van der Waals surface area contributed by atoms with Crippen molar-refractivity contribution in [3.8, 4) is 0 Å². The summed E-state index contributed by atoms with van der Waals surface area (Å²) in [6.07, 6.45) is 1.55. The fourth-order valence-electron chi connectivity index (χ4n) is 1.63. The van der Waals surface area contributed by atoms with Crippen molar-refractivity contribution in [1.82, 2.24) is 25.1 Å². The van der Waals surface area contributed by atoms with Crippen LogP contribution < -0.4 is 5.32 Å². The van der Waals surface area contributed by atoms with Gasteiger partial charge in [0.1, 0.15) is 11.6 Å². The van der Waals surface area contributed by atoms with Gasteiger partial charge in [-0.25, -0.2) is 9.97 Å². The molecule has 0 unspecified atom stereocenters. The van der Waals surface area contributed by atoms with Crippen LogP contribution in [0.25, 0.3) is 0 Å². The third kappa shape index (κ3) is 3.06. The summed E-state index contributed by atoms with van der Waals surface area (Å²) in [5.41, 5.74) is 0.536. The standard InChI is InChI=1S/C12H16N6O/c1-8-15-11(17-16-8)7-18(3)12(19)9-4-5-10(13-2)14-6-9/h4-6H,7H2,1-3H3,(H,13,14)(H,15,16,17). The Balaban J connectivity index is 2.05. The Hall–Kier alpha value is -2.44. The van der Waals surface area contributed by atoms with Gasteiger partial charge >= 0.3 is 0 Å². The normalized spacial score (nSPS) is 10.3. The first-order chi connectivity index (χ1) is 9.10. The van der Waals surface area contributed by atoms with Crippen LogP contribution in [0, 0.1) is 6.92 Å². The topological polar surface area (TPSA) is 86.8 Å². The molecule has 2 N–H and O–H groups in total. The van der Waals surface area contributed by atoms with Crippen LogP contribution in [0.2, 0.25) is 0 Å². The summed E-state index contributed by atoms with van der Waals surface area (Å²) in [6.45, 7) is 2.18. The molecule has 0 saturated carbocycles. The van der Waals surface area contributed by atoms with Crippen LogP contribution in [0.3, 0.4) is 0 Å². The van der Waals surface area contributed by atoms with Crippen molar-refractivity contribution in [1.29, 1.82) is 0 Å². The molecule has 2 heterocycles. The Labute approximate surface area is 111 Å². The lowest BCUT2D eigenvalue weighted by atomic mass is 10.2. The Morgan fingerprint density at radius 1 is 1.47 bits per heavy atom. The number of carbonyl (C=O) groups is 1. The van der Waals surface area contributed by atoms with Crippen molar-refractivity contribution in [2.45, 2.75) is 13.5 Å². The Morgan fingerprint density at radius 3 is 2.79 bits per heavy atom. The summed E-state index contributed by atoms with van der Waals surface area (Å²) in [5.74, 6) is 1.94. The van der Waals surface area contributed by atoms with Gasteiger partial charge in [-0.15, -0.1) is 0 Å². The van der Waals surface area contributed by atoms with Crippen molar-refractivity contribution in [3.05, 3.63) is 35.5 Å². The average molecular weight is 260 g/mol. The molecule has 7 heteroatoms. The maximum Gasteiger partial charge on any atom is 0.255 e. The minimum atomic E-state index is -0.113. The molecule has 0 aromatic carbocycles. The molecule has 0 aliphatic heterocycles. The van der Waals surface area contributed by atoms with E-state index in [2.05, 4.69) is 25.5 Å². The lowest BCUT2D eigenvalue weighted by molar-refractivity contribution is 0.0781. The number of aryl methyl sites for hydroxylation is 1. The van der Waals surface area contributed by atoms with Crippen molar-refractivity contribution in [2.75, 3.05) is 19.4 Å². The number of carbonyl (C=O) groups excluding carboxylic acids is 1. The number of aromatic amines is 1. The van der Waals surface area contributed by atoms with Crippen molar-refractivity contribution >= 4 is 11.7 Å². The van der Waals surface area contributed by atoms with Crippen LogP contribution in [0.15, 0.2) is 18.3 Å². The highest BCUT2D eigenvalue weighted by Crippen LogP contribution is 2.08. The number of H-pyrrole nitrogens is 1. The van der Waals surface area contributed by atoms with E-state index in [0.29, 0.717) is 17.9 Å². The smallest absolute Gasteiger partial charge is 0.255 e. The molecule has 0 aliphatic carbocycles. The zero-order valence-electron chi connectivity index (χ0n) is 11.1. The lowest BCUT2D eigenvalue weighted by Gasteiger charge is -2.15. The summed E-state index contributed by atoms with van der Waals surface area (Å²) in [6, 6.07) is 3.50. The number of rotatable bonds is 4. The largest absolute Gasteiger partial charge is 0.373 e. The first-order valence-corrected chi connectivity index (χ1v) is 5.87. The molecule has 0 fully saturated rings. The molecule has 0 atom stereocenters. The van der Waals surface area contributed by atoms with Gasteiger partial charge in [0.05, 0.1) is 12.1 Å². The molecule has 1 amide bonds. The highest BCUT2D eigenvalue weighted by molar-refractivity contribution is 5.93. The molecule has 2 rings (SSSR count). The molecule has 7 nitrogen and oxygen atoms in total. The Bertz CT molecular complexity index is 562. The minimum absolute atomic E-state index is 0.113. The molecule has 2 aromatic heterocycles. The third-order valence-corrected chi connectivity index (χ3v) is 2.64. The number of aromatic nitrogens is 4. The van der Waals surface area contributed by atoms with Crippen LogP contribution >= 0.6 is 0 Å². The van der Waals surface area contributed by atoms with Gasteiger partial charge in [-0.3, -0.25) is 9.89 Å². The quantitative estimate of drug-likeness (QED) is 0.850. The zero-order chi connectivity index (χ0) is 13.8. The van der Waals surface area contributed by atoms with Gasteiger partial charge < -0.3 is 10.2 Å². The molecule has 0 saturated heterocycles. The summed E-state index contributed by atoms with van der Waals surface area (Å²) in [5, 5.41) is 9.66. The lowest BCUT2D eigenvalue weighted by Crippen LogP contribution is -2.26. The van der Waals surface area contributed by atoms with Crippen molar-refractivity contribution < 1.29 is 4.79 Å². The van der Waals surface area contributed by atoms with E-state index in [4.69, 9.17) is 0 Å². The maximum absolute atomic E-state index is 12.2. The molecule has 100 valence electrons. The number of hydrogen-bond donors (Lipinski definition) is 2. The van der Waals surface area contributed by atoms with E-state index in [-0.39, 0.29) is 5.91 Å². The van der Waals surface area contributed by atoms with Gasteiger partial charge in [0.15, 0.2) is 5.82 Å². The highest BCUT2D eigenvalue weighted by Gasteiger charge is 2.14. The Morgan fingerprint density at radius 2 is 2.26 bits per heavy atom. The molecule has 0 bridgehead atoms. The number of nitrogens with one attached hydrogen (secondary N) is 2. The number of amides is 1. The maximum atomic E-state index is 12.2. The molecule has 19 heavy (non-hydrogen) atoms. The van der Waals surface area contributed by atoms with Crippen LogP contribution in [0.4, 0.5) is 5.82 Å². The zero-order valence-corrected chi connectivity index (χ0v) is 11.1. The van der Waals surface area contributed by atoms with Crippen LogP contribution in [-0.4, -0.2) is 45.1 Å². The van der Waals surface area contributed by atoms with Gasteiger partial charge in [-0.05, 0) is 19.1 Å². The summed E-state index contributed by atoms with van der Waals surface area (Å²) in [7, 11) is 3.49. The molecular weight excluding hydrogens is 244 g/mol. The number of nitrogens with zero attached hydrogens (tertiary/aromatic N) is 4. The van der Waals surface area contributed by atoms with Crippen LogP contribution in [0.1, 0.15) is 22.0 Å². The van der Waals surface area contributed by atoms with E-state index in [1.807, 2.05) is 6.92 Å². The Kier molecular flexibility index (Phi) is 3.74. The van der Waals surface area contributed by atoms with E-state index in [1.54, 1.807) is 37.3 Å². The minimum Gasteiger partial charge on any atom is -0.373 e. The first-order valence-electron chi connectivity index (χ1n) is 5.87. The molecule has 0 spiro atoms. The summed E-state index contributed by atoms with van der Waals surface area (Å²) in [4.78, 5) is 22.0.